The Kier molecular flexibility index (Phi) is 5.76. The number of rotatable bonds is 5. The van der Waals surface area contributed by atoms with Gasteiger partial charge in [0.15, 0.2) is 0 Å². The van der Waals surface area contributed by atoms with E-state index in [9.17, 15) is 13.2 Å². The van der Waals surface area contributed by atoms with E-state index >= 15 is 0 Å². The molecule has 0 aliphatic rings. The van der Waals surface area contributed by atoms with E-state index in [0.717, 1.165) is 5.01 Å². The first-order chi connectivity index (χ1) is 11.5. The molecule has 0 saturated heterocycles. The minimum Gasteiger partial charge on any atom is -0.322 e. The molecular weight excluding hydrogens is 358 g/mol. The molecule has 0 aliphatic carbocycles. The molecule has 2 N–H and O–H groups in total. The van der Waals surface area contributed by atoms with E-state index in [2.05, 4.69) is 15.0 Å². The monoisotopic (exact) mass is 379 g/mol. The maximum Gasteiger partial charge on any atom is 0.248 e. The number of hydrogen-bond donors (Lipinski definition) is 2. The number of carbonyl (C=O) groups is 1. The number of sulfonamides is 1. The van der Waals surface area contributed by atoms with Crippen LogP contribution in [-0.4, -0.2) is 24.8 Å². The Morgan fingerprint density at radius 1 is 1.28 bits per heavy atom. The van der Waals surface area contributed by atoms with Crippen LogP contribution in [0.15, 0.2) is 40.6 Å². The van der Waals surface area contributed by atoms with Gasteiger partial charge in [0.25, 0.3) is 0 Å². The van der Waals surface area contributed by atoms with Gasteiger partial charge in [-0.3, -0.25) is 4.79 Å². The summed E-state index contributed by atoms with van der Waals surface area (Å²) < 4.78 is 27.3. The lowest BCUT2D eigenvalue weighted by Crippen LogP contribution is -2.40. The van der Waals surface area contributed by atoms with Crippen molar-refractivity contribution in [2.24, 2.45) is 0 Å². The molecule has 1 aromatic carbocycles. The van der Waals surface area contributed by atoms with Crippen molar-refractivity contribution in [1.82, 2.24) is 9.71 Å². The van der Waals surface area contributed by atoms with Gasteiger partial charge in [-0.05, 0) is 52.0 Å². The lowest BCUT2D eigenvalue weighted by Gasteiger charge is -2.20. The fourth-order valence-electron chi connectivity index (χ4n) is 2.00. The van der Waals surface area contributed by atoms with Gasteiger partial charge in [0.2, 0.25) is 15.9 Å². The highest BCUT2D eigenvalue weighted by molar-refractivity contribution is 7.89. The van der Waals surface area contributed by atoms with Crippen molar-refractivity contribution in [3.05, 3.63) is 46.4 Å². The highest BCUT2D eigenvalue weighted by atomic mass is 32.2. The van der Waals surface area contributed by atoms with Crippen LogP contribution in [0, 0.1) is 6.92 Å². The highest BCUT2D eigenvalue weighted by Gasteiger charge is 2.22. The molecule has 0 aliphatic heterocycles. The van der Waals surface area contributed by atoms with Crippen LogP contribution in [0.3, 0.4) is 0 Å². The topological polar surface area (TPSA) is 88.2 Å². The average Bonchev–Trinajstić information content (AvgIpc) is 2.89. The SMILES string of the molecule is Cc1nc(/C=C/C(=O)Nc2cccc(S(=O)(=O)NC(C)(C)C)c2)cs1. The second-order valence-electron chi connectivity index (χ2n) is 6.50. The predicted octanol–water partition coefficient (Wildman–Crippen LogP) is 3.18. The number of amides is 1. The highest BCUT2D eigenvalue weighted by Crippen LogP contribution is 2.17. The molecule has 0 saturated carbocycles. The molecule has 1 amide bonds. The molecule has 0 unspecified atom stereocenters. The van der Waals surface area contributed by atoms with Gasteiger partial charge in [0.05, 0.1) is 15.6 Å². The van der Waals surface area contributed by atoms with E-state index in [-0.39, 0.29) is 10.8 Å². The summed E-state index contributed by atoms with van der Waals surface area (Å²) >= 11 is 1.50. The minimum absolute atomic E-state index is 0.0966. The van der Waals surface area contributed by atoms with Gasteiger partial charge in [0.1, 0.15) is 0 Å². The Bertz CT molecular complexity index is 894. The summed E-state index contributed by atoms with van der Waals surface area (Å²) in [4.78, 5) is 16.3. The summed E-state index contributed by atoms with van der Waals surface area (Å²) in [5.74, 6) is -0.357. The van der Waals surface area contributed by atoms with Crippen LogP contribution in [0.5, 0.6) is 0 Å². The smallest absolute Gasteiger partial charge is 0.248 e. The van der Waals surface area contributed by atoms with Crippen molar-refractivity contribution in [1.29, 1.82) is 0 Å². The standard InChI is InChI=1S/C17H21N3O3S2/c1-12-18-14(11-24-12)8-9-16(21)19-13-6-5-7-15(10-13)25(22,23)20-17(2,3)4/h5-11,20H,1-4H3,(H,19,21)/b9-8+. The van der Waals surface area contributed by atoms with Gasteiger partial charge in [-0.2, -0.15) is 0 Å². The van der Waals surface area contributed by atoms with E-state index < -0.39 is 15.6 Å². The predicted molar refractivity (Wildman–Crippen MR) is 101 cm³/mol. The van der Waals surface area contributed by atoms with E-state index in [1.165, 1.54) is 29.5 Å². The molecule has 2 rings (SSSR count). The van der Waals surface area contributed by atoms with Crippen LogP contribution < -0.4 is 10.0 Å². The van der Waals surface area contributed by atoms with Gasteiger partial charge >= 0.3 is 0 Å². The van der Waals surface area contributed by atoms with Crippen molar-refractivity contribution in [2.75, 3.05) is 5.32 Å². The summed E-state index contributed by atoms with van der Waals surface area (Å²) in [7, 11) is -3.66. The van der Waals surface area contributed by atoms with Crippen LogP contribution in [0.4, 0.5) is 5.69 Å². The zero-order valence-corrected chi connectivity index (χ0v) is 16.2. The Balaban J connectivity index is 2.11. The normalized spacial score (nSPS) is 12.5. The molecule has 6 nitrogen and oxygen atoms in total. The van der Waals surface area contributed by atoms with Crippen LogP contribution in [0.25, 0.3) is 6.08 Å². The van der Waals surface area contributed by atoms with Gasteiger partial charge in [-0.1, -0.05) is 6.07 Å². The summed E-state index contributed by atoms with van der Waals surface area (Å²) in [6, 6.07) is 6.12. The maximum absolute atomic E-state index is 12.4. The lowest BCUT2D eigenvalue weighted by atomic mass is 10.1. The molecule has 0 spiro atoms. The summed E-state index contributed by atoms with van der Waals surface area (Å²) in [5.41, 5.74) is 0.524. The van der Waals surface area contributed by atoms with Crippen molar-refractivity contribution in [3.8, 4) is 0 Å². The van der Waals surface area contributed by atoms with Crippen LogP contribution in [-0.2, 0) is 14.8 Å². The number of aryl methyl sites for hydroxylation is 1. The number of aromatic nitrogens is 1. The number of anilines is 1. The van der Waals surface area contributed by atoms with Crippen LogP contribution in [0.1, 0.15) is 31.5 Å². The molecule has 25 heavy (non-hydrogen) atoms. The number of hydrogen-bond acceptors (Lipinski definition) is 5. The summed E-state index contributed by atoms with van der Waals surface area (Å²) in [5, 5.41) is 5.42. The van der Waals surface area contributed by atoms with Crippen LogP contribution >= 0.6 is 11.3 Å². The van der Waals surface area contributed by atoms with Gasteiger partial charge < -0.3 is 5.32 Å². The lowest BCUT2D eigenvalue weighted by molar-refractivity contribution is -0.111. The molecule has 134 valence electrons. The second-order valence-corrected chi connectivity index (χ2v) is 9.24. The van der Waals surface area contributed by atoms with Crippen LogP contribution in [0.2, 0.25) is 0 Å². The van der Waals surface area contributed by atoms with E-state index in [1.54, 1.807) is 39.0 Å². The Morgan fingerprint density at radius 3 is 2.60 bits per heavy atom. The molecular formula is C17H21N3O3S2. The van der Waals surface area contributed by atoms with Gasteiger partial charge in [-0.15, -0.1) is 11.3 Å². The molecule has 0 atom stereocenters. The molecule has 2 aromatic rings. The molecule has 1 heterocycles. The number of thiazole rings is 1. The molecule has 1 aromatic heterocycles. The number of carbonyl (C=O) groups excluding carboxylic acids is 1. The maximum atomic E-state index is 12.4. The number of nitrogens with zero attached hydrogens (tertiary/aromatic N) is 1. The zero-order valence-electron chi connectivity index (χ0n) is 14.5. The van der Waals surface area contributed by atoms with Gasteiger partial charge in [-0.25, -0.2) is 18.1 Å². The summed E-state index contributed by atoms with van der Waals surface area (Å²) in [6.45, 7) is 7.18. The third-order valence-electron chi connectivity index (χ3n) is 2.89. The van der Waals surface area contributed by atoms with E-state index in [4.69, 9.17) is 0 Å². The van der Waals surface area contributed by atoms with E-state index in [0.29, 0.717) is 11.4 Å². The van der Waals surface area contributed by atoms with Crippen molar-refractivity contribution >= 4 is 39.0 Å². The van der Waals surface area contributed by atoms with Crippen molar-refractivity contribution in [2.45, 2.75) is 38.1 Å². The fourth-order valence-corrected chi connectivity index (χ4v) is 4.05. The van der Waals surface area contributed by atoms with Crippen molar-refractivity contribution in [3.63, 3.8) is 0 Å². The zero-order chi connectivity index (χ0) is 18.7. The second kappa shape index (κ2) is 7.47. The largest absolute Gasteiger partial charge is 0.322 e. The van der Waals surface area contributed by atoms with Crippen molar-refractivity contribution < 1.29 is 13.2 Å². The van der Waals surface area contributed by atoms with Gasteiger partial charge in [0, 0.05) is 22.7 Å². The molecule has 0 bridgehead atoms. The molecule has 0 fully saturated rings. The third kappa shape index (κ3) is 6.08. The first-order valence-electron chi connectivity index (χ1n) is 7.60. The Morgan fingerprint density at radius 2 is 2.00 bits per heavy atom. The first-order valence-corrected chi connectivity index (χ1v) is 9.97. The minimum atomic E-state index is -3.66. The Hall–Kier alpha value is -2.03. The number of benzene rings is 1. The average molecular weight is 380 g/mol. The Labute approximate surface area is 152 Å². The number of nitrogens with one attached hydrogen (secondary N) is 2. The first kappa shape index (κ1) is 19.3. The fraction of sp³-hybridized carbons (Fsp3) is 0.294. The third-order valence-corrected chi connectivity index (χ3v) is 5.44. The van der Waals surface area contributed by atoms with E-state index in [1.807, 2.05) is 12.3 Å². The quantitative estimate of drug-likeness (QED) is 0.781. The molecule has 0 radical (unpaired) electrons. The summed E-state index contributed by atoms with van der Waals surface area (Å²) in [6.07, 6.45) is 2.98. The molecule has 8 heteroatoms.